The summed E-state index contributed by atoms with van der Waals surface area (Å²) in [5.74, 6) is -1.30. The lowest BCUT2D eigenvalue weighted by Crippen LogP contribution is -2.36. The second-order valence-electron chi connectivity index (χ2n) is 4.84. The van der Waals surface area contributed by atoms with Crippen LogP contribution in [0.3, 0.4) is 0 Å². The summed E-state index contributed by atoms with van der Waals surface area (Å²) in [5, 5.41) is 5.21. The summed E-state index contributed by atoms with van der Waals surface area (Å²) in [5.41, 5.74) is 3.65. The van der Waals surface area contributed by atoms with E-state index in [-0.39, 0.29) is 0 Å². The van der Waals surface area contributed by atoms with Crippen LogP contribution in [-0.2, 0) is 16.0 Å². The van der Waals surface area contributed by atoms with E-state index < -0.39 is 11.8 Å². The molecule has 2 N–H and O–H groups in total. The molecule has 5 nitrogen and oxygen atoms in total. The Morgan fingerprint density at radius 3 is 2.67 bits per heavy atom. The van der Waals surface area contributed by atoms with Crippen LogP contribution < -0.4 is 10.6 Å². The highest BCUT2D eigenvalue weighted by atomic mass is 16.3. The Morgan fingerprint density at radius 2 is 1.95 bits per heavy atom. The van der Waals surface area contributed by atoms with Gasteiger partial charge in [-0.2, -0.15) is 0 Å². The molecule has 0 aliphatic heterocycles. The van der Waals surface area contributed by atoms with Gasteiger partial charge in [0.05, 0.1) is 12.5 Å². The molecule has 2 amide bonds. The van der Waals surface area contributed by atoms with Gasteiger partial charge in [-0.05, 0) is 49.1 Å². The van der Waals surface area contributed by atoms with Crippen molar-refractivity contribution in [3.8, 4) is 0 Å². The van der Waals surface area contributed by atoms with Crippen LogP contribution in [0.2, 0.25) is 0 Å². The molecule has 0 radical (unpaired) electrons. The predicted molar refractivity (Wildman–Crippen MR) is 80.0 cm³/mol. The summed E-state index contributed by atoms with van der Waals surface area (Å²) in [6.45, 7) is 4.25. The third-order valence-electron chi connectivity index (χ3n) is 3.34. The molecule has 0 unspecified atom stereocenters. The van der Waals surface area contributed by atoms with Crippen molar-refractivity contribution >= 4 is 17.5 Å². The van der Waals surface area contributed by atoms with Crippen molar-refractivity contribution in [2.45, 2.75) is 20.3 Å². The molecule has 0 saturated heterocycles. The van der Waals surface area contributed by atoms with Crippen LogP contribution >= 0.6 is 0 Å². The van der Waals surface area contributed by atoms with Crippen LogP contribution in [0, 0.1) is 13.8 Å². The molecule has 2 rings (SSSR count). The van der Waals surface area contributed by atoms with E-state index in [1.807, 2.05) is 32.0 Å². The van der Waals surface area contributed by atoms with Crippen molar-refractivity contribution in [2.24, 2.45) is 0 Å². The molecule has 0 aliphatic rings. The van der Waals surface area contributed by atoms with Gasteiger partial charge in [-0.3, -0.25) is 9.59 Å². The van der Waals surface area contributed by atoms with Gasteiger partial charge in [-0.25, -0.2) is 0 Å². The first kappa shape index (κ1) is 14.8. The number of furan rings is 1. The van der Waals surface area contributed by atoms with Crippen molar-refractivity contribution in [3.05, 3.63) is 53.5 Å². The number of aryl methyl sites for hydroxylation is 1. The average Bonchev–Trinajstić information content (AvgIpc) is 2.97. The summed E-state index contributed by atoms with van der Waals surface area (Å²) in [6, 6.07) is 7.39. The second kappa shape index (κ2) is 6.74. The first-order chi connectivity index (χ1) is 10.1. The number of hydrogen-bond donors (Lipinski definition) is 2. The number of benzene rings is 1. The van der Waals surface area contributed by atoms with Gasteiger partial charge in [0.1, 0.15) is 0 Å². The van der Waals surface area contributed by atoms with Gasteiger partial charge in [0, 0.05) is 12.2 Å². The molecule has 1 aromatic heterocycles. The quantitative estimate of drug-likeness (QED) is 0.846. The normalized spacial score (nSPS) is 10.2. The van der Waals surface area contributed by atoms with Crippen molar-refractivity contribution in [1.82, 2.24) is 5.32 Å². The van der Waals surface area contributed by atoms with Gasteiger partial charge in [-0.1, -0.05) is 12.1 Å². The fourth-order valence-electron chi connectivity index (χ4n) is 1.90. The summed E-state index contributed by atoms with van der Waals surface area (Å²) in [7, 11) is 0. The van der Waals surface area contributed by atoms with Crippen LogP contribution in [0.25, 0.3) is 0 Å². The van der Waals surface area contributed by atoms with E-state index >= 15 is 0 Å². The molecule has 0 spiro atoms. The zero-order chi connectivity index (χ0) is 15.2. The van der Waals surface area contributed by atoms with E-state index in [0.29, 0.717) is 18.7 Å². The zero-order valence-corrected chi connectivity index (χ0v) is 12.1. The van der Waals surface area contributed by atoms with Crippen molar-refractivity contribution < 1.29 is 14.0 Å². The van der Waals surface area contributed by atoms with Crippen molar-refractivity contribution in [2.75, 3.05) is 11.9 Å². The van der Waals surface area contributed by atoms with Gasteiger partial charge >= 0.3 is 11.8 Å². The molecule has 0 saturated carbocycles. The van der Waals surface area contributed by atoms with Gasteiger partial charge in [-0.15, -0.1) is 0 Å². The van der Waals surface area contributed by atoms with Gasteiger partial charge < -0.3 is 15.1 Å². The van der Waals surface area contributed by atoms with Gasteiger partial charge in [0.2, 0.25) is 0 Å². The van der Waals surface area contributed by atoms with Crippen LogP contribution in [0.4, 0.5) is 5.69 Å². The Hall–Kier alpha value is -2.56. The SMILES string of the molecule is Cc1cccc(NC(=O)C(=O)NCCc2ccoc2)c1C. The number of hydrogen-bond acceptors (Lipinski definition) is 3. The average molecular weight is 286 g/mol. The molecule has 1 heterocycles. The molecule has 0 fully saturated rings. The Labute approximate surface area is 123 Å². The van der Waals surface area contributed by atoms with E-state index in [2.05, 4.69) is 10.6 Å². The summed E-state index contributed by atoms with van der Waals surface area (Å²) in [4.78, 5) is 23.6. The molecule has 0 atom stereocenters. The molecule has 0 bridgehead atoms. The van der Waals surface area contributed by atoms with Crippen molar-refractivity contribution in [3.63, 3.8) is 0 Å². The highest BCUT2D eigenvalue weighted by Crippen LogP contribution is 2.17. The van der Waals surface area contributed by atoms with E-state index in [1.165, 1.54) is 0 Å². The van der Waals surface area contributed by atoms with Crippen molar-refractivity contribution in [1.29, 1.82) is 0 Å². The maximum absolute atomic E-state index is 11.8. The molecule has 0 aliphatic carbocycles. The van der Waals surface area contributed by atoms with E-state index in [1.54, 1.807) is 18.6 Å². The lowest BCUT2D eigenvalue weighted by atomic mass is 10.1. The summed E-state index contributed by atoms with van der Waals surface area (Å²) < 4.78 is 4.93. The van der Waals surface area contributed by atoms with Crippen LogP contribution in [0.15, 0.2) is 41.2 Å². The minimum atomic E-state index is -0.657. The van der Waals surface area contributed by atoms with Gasteiger partial charge in [0.25, 0.3) is 0 Å². The molecular weight excluding hydrogens is 268 g/mol. The van der Waals surface area contributed by atoms with E-state index in [9.17, 15) is 9.59 Å². The number of carbonyl (C=O) groups excluding carboxylic acids is 2. The lowest BCUT2D eigenvalue weighted by molar-refractivity contribution is -0.136. The molecule has 1 aromatic carbocycles. The summed E-state index contributed by atoms with van der Waals surface area (Å²) >= 11 is 0. The van der Waals surface area contributed by atoms with Crippen LogP contribution in [-0.4, -0.2) is 18.4 Å². The third-order valence-corrected chi connectivity index (χ3v) is 3.34. The highest BCUT2D eigenvalue weighted by molar-refractivity contribution is 6.39. The molecule has 2 aromatic rings. The second-order valence-corrected chi connectivity index (χ2v) is 4.84. The standard InChI is InChI=1S/C16H18N2O3/c1-11-4-3-5-14(12(11)2)18-16(20)15(19)17-8-6-13-7-9-21-10-13/h3-5,7,9-10H,6,8H2,1-2H3,(H,17,19)(H,18,20). The molecule has 110 valence electrons. The fraction of sp³-hybridized carbons (Fsp3) is 0.250. The molecule has 5 heteroatoms. The Bertz CT molecular complexity index is 633. The third kappa shape index (κ3) is 3.95. The lowest BCUT2D eigenvalue weighted by Gasteiger charge is -2.10. The minimum Gasteiger partial charge on any atom is -0.472 e. The topological polar surface area (TPSA) is 71.3 Å². The van der Waals surface area contributed by atoms with E-state index in [4.69, 9.17) is 4.42 Å². The number of carbonyl (C=O) groups is 2. The maximum Gasteiger partial charge on any atom is 0.313 e. The summed E-state index contributed by atoms with van der Waals surface area (Å²) in [6.07, 6.45) is 3.81. The van der Waals surface area contributed by atoms with Crippen LogP contribution in [0.5, 0.6) is 0 Å². The fourth-order valence-corrected chi connectivity index (χ4v) is 1.90. The Balaban J connectivity index is 1.85. The largest absolute Gasteiger partial charge is 0.472 e. The first-order valence-electron chi connectivity index (χ1n) is 6.74. The number of anilines is 1. The monoisotopic (exact) mass is 286 g/mol. The minimum absolute atomic E-state index is 0.387. The molecular formula is C16H18N2O3. The number of rotatable bonds is 4. The number of amides is 2. The van der Waals surface area contributed by atoms with E-state index in [0.717, 1.165) is 16.7 Å². The predicted octanol–water partition coefficient (Wildman–Crippen LogP) is 2.19. The van der Waals surface area contributed by atoms with Crippen LogP contribution in [0.1, 0.15) is 16.7 Å². The Morgan fingerprint density at radius 1 is 1.14 bits per heavy atom. The highest BCUT2D eigenvalue weighted by Gasteiger charge is 2.14. The smallest absolute Gasteiger partial charge is 0.313 e. The Kier molecular flexibility index (Phi) is 4.77. The maximum atomic E-state index is 11.8. The molecule has 21 heavy (non-hydrogen) atoms. The van der Waals surface area contributed by atoms with Gasteiger partial charge in [0.15, 0.2) is 0 Å². The number of nitrogens with one attached hydrogen (secondary N) is 2. The first-order valence-corrected chi connectivity index (χ1v) is 6.74. The zero-order valence-electron chi connectivity index (χ0n) is 12.1.